The first-order chi connectivity index (χ1) is 10.6. The van der Waals surface area contributed by atoms with Crippen LogP contribution in [0.2, 0.25) is 0 Å². The molecule has 0 fully saturated rings. The molecule has 0 aliphatic carbocycles. The van der Waals surface area contributed by atoms with Crippen molar-refractivity contribution in [2.75, 3.05) is 6.61 Å². The van der Waals surface area contributed by atoms with Gasteiger partial charge < -0.3 is 15.2 Å². The van der Waals surface area contributed by atoms with Gasteiger partial charge >= 0.3 is 5.97 Å². The van der Waals surface area contributed by atoms with Gasteiger partial charge in [-0.1, -0.05) is 30.3 Å². The van der Waals surface area contributed by atoms with E-state index in [1.165, 1.54) is 0 Å². The Kier molecular flexibility index (Phi) is 3.58. The lowest BCUT2D eigenvalue weighted by atomic mass is 9.83. The molecule has 1 aliphatic heterocycles. The minimum atomic E-state index is -0.472. The van der Waals surface area contributed by atoms with Crippen molar-refractivity contribution in [2.45, 2.75) is 19.8 Å². The Labute approximate surface area is 127 Å². The zero-order valence-corrected chi connectivity index (χ0v) is 12.4. The lowest BCUT2D eigenvalue weighted by molar-refractivity contribution is -0.139. The van der Waals surface area contributed by atoms with Crippen LogP contribution >= 0.6 is 0 Å². The summed E-state index contributed by atoms with van der Waals surface area (Å²) >= 11 is 0. The van der Waals surface area contributed by atoms with E-state index in [9.17, 15) is 4.79 Å². The van der Waals surface area contributed by atoms with Gasteiger partial charge in [-0.25, -0.2) is 4.79 Å². The molecule has 1 aliphatic rings. The topological polar surface area (TPSA) is 90.2 Å². The largest absolute Gasteiger partial charge is 0.462 e. The fourth-order valence-corrected chi connectivity index (χ4v) is 2.69. The molecule has 6 heteroatoms. The fraction of sp³-hybridized carbons (Fsp3) is 0.250. The number of carbonyl (C=O) groups is 1. The maximum Gasteiger partial charge on any atom is 0.340 e. The van der Waals surface area contributed by atoms with Crippen LogP contribution in [0.1, 0.15) is 29.7 Å². The molecule has 6 nitrogen and oxygen atoms in total. The van der Waals surface area contributed by atoms with Gasteiger partial charge in [-0.05, 0) is 19.4 Å². The summed E-state index contributed by atoms with van der Waals surface area (Å²) in [5, 5.41) is 6.99. The number of hydrogen-bond donors (Lipinski definition) is 2. The zero-order valence-electron chi connectivity index (χ0n) is 12.4. The number of benzene rings is 1. The molecule has 1 aromatic carbocycles. The van der Waals surface area contributed by atoms with E-state index in [0.29, 0.717) is 11.5 Å². The van der Waals surface area contributed by atoms with Gasteiger partial charge in [-0.3, -0.25) is 5.10 Å². The first kappa shape index (κ1) is 14.2. The first-order valence-corrected chi connectivity index (χ1v) is 7.07. The van der Waals surface area contributed by atoms with Crippen molar-refractivity contribution >= 4 is 5.97 Å². The lowest BCUT2D eigenvalue weighted by Gasteiger charge is -2.26. The third-order valence-corrected chi connectivity index (χ3v) is 3.64. The van der Waals surface area contributed by atoms with Gasteiger partial charge in [0.05, 0.1) is 12.5 Å². The first-order valence-electron chi connectivity index (χ1n) is 7.07. The Morgan fingerprint density at radius 1 is 1.41 bits per heavy atom. The lowest BCUT2D eigenvalue weighted by Crippen LogP contribution is -2.27. The summed E-state index contributed by atoms with van der Waals surface area (Å²) in [6.45, 7) is 3.91. The van der Waals surface area contributed by atoms with Crippen molar-refractivity contribution < 1.29 is 14.3 Å². The van der Waals surface area contributed by atoms with E-state index in [4.69, 9.17) is 15.2 Å². The van der Waals surface area contributed by atoms with Crippen LogP contribution in [0.25, 0.3) is 0 Å². The Hall–Kier alpha value is -2.76. The predicted octanol–water partition coefficient (Wildman–Crippen LogP) is 1.98. The maximum atomic E-state index is 12.4. The highest BCUT2D eigenvalue weighted by atomic mass is 16.5. The molecule has 2 aromatic rings. The van der Waals surface area contributed by atoms with Gasteiger partial charge in [0.2, 0.25) is 11.8 Å². The molecule has 22 heavy (non-hydrogen) atoms. The summed E-state index contributed by atoms with van der Waals surface area (Å²) in [5.41, 5.74) is 8.85. The zero-order chi connectivity index (χ0) is 15.7. The van der Waals surface area contributed by atoms with Crippen LogP contribution in [0.4, 0.5) is 0 Å². The number of aromatic amines is 1. The van der Waals surface area contributed by atoms with Gasteiger partial charge in [0, 0.05) is 11.3 Å². The molecule has 0 saturated heterocycles. The van der Waals surface area contributed by atoms with E-state index in [0.717, 1.165) is 16.8 Å². The van der Waals surface area contributed by atoms with E-state index in [1.54, 1.807) is 6.92 Å². The van der Waals surface area contributed by atoms with Gasteiger partial charge in [0.15, 0.2) is 0 Å². The second-order valence-electron chi connectivity index (χ2n) is 5.01. The third-order valence-electron chi connectivity index (χ3n) is 3.64. The van der Waals surface area contributed by atoms with Crippen molar-refractivity contribution in [2.24, 2.45) is 5.73 Å². The third kappa shape index (κ3) is 2.22. The Morgan fingerprint density at radius 3 is 2.82 bits per heavy atom. The summed E-state index contributed by atoms with van der Waals surface area (Å²) in [6, 6.07) is 9.64. The van der Waals surface area contributed by atoms with E-state index >= 15 is 0 Å². The van der Waals surface area contributed by atoms with Crippen molar-refractivity contribution in [1.82, 2.24) is 10.2 Å². The van der Waals surface area contributed by atoms with Crippen LogP contribution in [0.15, 0.2) is 41.8 Å². The van der Waals surface area contributed by atoms with Gasteiger partial charge in [-0.2, -0.15) is 0 Å². The molecule has 0 saturated carbocycles. The maximum absolute atomic E-state index is 12.4. The summed E-state index contributed by atoms with van der Waals surface area (Å²) < 4.78 is 10.6. The number of H-pyrrole nitrogens is 1. The number of esters is 1. The monoisotopic (exact) mass is 299 g/mol. The molecule has 0 bridgehead atoms. The fourth-order valence-electron chi connectivity index (χ4n) is 2.69. The molecule has 3 rings (SSSR count). The molecule has 0 radical (unpaired) electrons. The van der Waals surface area contributed by atoms with Crippen molar-refractivity contribution in [3.8, 4) is 5.88 Å². The average Bonchev–Trinajstić information content (AvgIpc) is 2.88. The normalized spacial score (nSPS) is 16.9. The van der Waals surface area contributed by atoms with E-state index in [2.05, 4.69) is 10.2 Å². The summed E-state index contributed by atoms with van der Waals surface area (Å²) in [6.07, 6.45) is 0. The summed E-state index contributed by atoms with van der Waals surface area (Å²) in [5.74, 6) is -0.397. The summed E-state index contributed by atoms with van der Waals surface area (Å²) in [4.78, 5) is 12.4. The smallest absolute Gasteiger partial charge is 0.340 e. The number of aromatic nitrogens is 2. The number of fused-ring (bicyclic) bond motifs is 1. The van der Waals surface area contributed by atoms with Crippen LogP contribution in [-0.4, -0.2) is 22.8 Å². The number of aryl methyl sites for hydroxylation is 1. The summed E-state index contributed by atoms with van der Waals surface area (Å²) in [7, 11) is 0. The Morgan fingerprint density at radius 2 is 2.14 bits per heavy atom. The number of ether oxygens (including phenoxy) is 2. The molecule has 2 heterocycles. The molecule has 1 aromatic heterocycles. The van der Waals surface area contributed by atoms with E-state index in [1.807, 2.05) is 37.3 Å². The molecule has 1 atom stereocenters. The number of carbonyl (C=O) groups excluding carboxylic acids is 1. The highest BCUT2D eigenvalue weighted by Gasteiger charge is 2.38. The van der Waals surface area contributed by atoms with Gasteiger partial charge in [-0.15, -0.1) is 5.10 Å². The Balaban J connectivity index is 2.18. The average molecular weight is 299 g/mol. The molecule has 0 spiro atoms. The van der Waals surface area contributed by atoms with Crippen LogP contribution in [0.3, 0.4) is 0 Å². The minimum absolute atomic E-state index is 0.0336. The van der Waals surface area contributed by atoms with Crippen molar-refractivity contribution in [3.63, 3.8) is 0 Å². The molecule has 1 unspecified atom stereocenters. The van der Waals surface area contributed by atoms with Crippen LogP contribution in [0.5, 0.6) is 5.88 Å². The van der Waals surface area contributed by atoms with Gasteiger partial charge in [0.1, 0.15) is 5.57 Å². The quantitative estimate of drug-likeness (QED) is 0.846. The number of nitrogens with two attached hydrogens (primary N) is 1. The SMILES string of the molecule is CCOC(=O)C1=C(N)Oc2n[nH]c(C)c2C1c1ccccc1. The van der Waals surface area contributed by atoms with E-state index in [-0.39, 0.29) is 18.4 Å². The number of nitrogens with zero attached hydrogens (tertiary/aromatic N) is 1. The number of rotatable bonds is 3. The van der Waals surface area contributed by atoms with E-state index < -0.39 is 5.97 Å². The predicted molar refractivity (Wildman–Crippen MR) is 80.1 cm³/mol. The highest BCUT2D eigenvalue weighted by molar-refractivity contribution is 5.92. The number of nitrogens with one attached hydrogen (secondary N) is 1. The highest BCUT2D eigenvalue weighted by Crippen LogP contribution is 2.43. The van der Waals surface area contributed by atoms with Gasteiger partial charge in [0.25, 0.3) is 0 Å². The second kappa shape index (κ2) is 5.55. The van der Waals surface area contributed by atoms with Crippen molar-refractivity contribution in [1.29, 1.82) is 0 Å². The molecular formula is C16H17N3O3. The van der Waals surface area contributed by atoms with Crippen LogP contribution in [0, 0.1) is 6.92 Å². The van der Waals surface area contributed by atoms with Crippen LogP contribution in [-0.2, 0) is 9.53 Å². The second-order valence-corrected chi connectivity index (χ2v) is 5.01. The number of hydrogen-bond acceptors (Lipinski definition) is 5. The minimum Gasteiger partial charge on any atom is -0.462 e. The molecular weight excluding hydrogens is 282 g/mol. The molecule has 0 amide bonds. The van der Waals surface area contributed by atoms with Crippen molar-refractivity contribution in [3.05, 3.63) is 58.6 Å². The Bertz CT molecular complexity index is 734. The van der Waals surface area contributed by atoms with Crippen LogP contribution < -0.4 is 10.5 Å². The molecule has 3 N–H and O–H groups in total. The molecule has 114 valence electrons. The standard InChI is InChI=1S/C16H17N3O3/c1-3-21-16(20)13-12(10-7-5-4-6-8-10)11-9(2)18-19-15(11)22-14(13)17/h4-8,12H,3,17H2,1-2H3,(H,18,19).